The van der Waals surface area contributed by atoms with Gasteiger partial charge in [0.2, 0.25) is 0 Å². The van der Waals surface area contributed by atoms with Gasteiger partial charge in [0.05, 0.1) is 6.10 Å². The predicted molar refractivity (Wildman–Crippen MR) is 75.9 cm³/mol. The number of nitrogens with zero attached hydrogens (tertiary/aromatic N) is 1. The van der Waals surface area contributed by atoms with E-state index < -0.39 is 0 Å². The van der Waals surface area contributed by atoms with E-state index in [1.165, 1.54) is 25.7 Å². The SMILES string of the molecule is CC1CCC(CNC(=O)N2CCC(C)C(O)C2)CC1. The third-order valence-corrected chi connectivity index (χ3v) is 4.88. The highest BCUT2D eigenvalue weighted by molar-refractivity contribution is 5.74. The van der Waals surface area contributed by atoms with E-state index in [-0.39, 0.29) is 12.1 Å². The second-order valence-corrected chi connectivity index (χ2v) is 6.59. The molecule has 1 aliphatic heterocycles. The van der Waals surface area contributed by atoms with Crippen molar-refractivity contribution in [1.29, 1.82) is 0 Å². The molecule has 2 unspecified atom stereocenters. The molecule has 1 saturated heterocycles. The van der Waals surface area contributed by atoms with Gasteiger partial charge in [-0.3, -0.25) is 0 Å². The van der Waals surface area contributed by atoms with Crippen LogP contribution in [0.1, 0.15) is 46.0 Å². The van der Waals surface area contributed by atoms with Crippen LogP contribution in [0.2, 0.25) is 0 Å². The molecule has 1 heterocycles. The van der Waals surface area contributed by atoms with Crippen LogP contribution in [-0.2, 0) is 0 Å². The molecular weight excluding hydrogens is 240 g/mol. The van der Waals surface area contributed by atoms with Crippen LogP contribution in [0.15, 0.2) is 0 Å². The molecule has 2 fully saturated rings. The van der Waals surface area contributed by atoms with Crippen LogP contribution in [0.5, 0.6) is 0 Å². The summed E-state index contributed by atoms with van der Waals surface area (Å²) < 4.78 is 0. The first kappa shape index (κ1) is 14.6. The Kier molecular flexibility index (Phi) is 5.08. The van der Waals surface area contributed by atoms with Gasteiger partial charge in [0, 0.05) is 19.6 Å². The highest BCUT2D eigenvalue weighted by Crippen LogP contribution is 2.27. The number of nitrogens with one attached hydrogen (secondary N) is 1. The van der Waals surface area contributed by atoms with Crippen LogP contribution >= 0.6 is 0 Å². The van der Waals surface area contributed by atoms with Gasteiger partial charge in [0.15, 0.2) is 0 Å². The number of urea groups is 1. The molecule has 0 aromatic rings. The van der Waals surface area contributed by atoms with Crippen LogP contribution in [0.25, 0.3) is 0 Å². The summed E-state index contributed by atoms with van der Waals surface area (Å²) in [6.07, 6.45) is 5.59. The lowest BCUT2D eigenvalue weighted by atomic mass is 9.83. The summed E-state index contributed by atoms with van der Waals surface area (Å²) in [5, 5.41) is 12.9. The zero-order chi connectivity index (χ0) is 13.8. The molecule has 0 aromatic carbocycles. The van der Waals surface area contributed by atoms with Crippen molar-refractivity contribution in [2.75, 3.05) is 19.6 Å². The summed E-state index contributed by atoms with van der Waals surface area (Å²) in [5.74, 6) is 1.81. The number of amides is 2. The highest BCUT2D eigenvalue weighted by atomic mass is 16.3. The van der Waals surface area contributed by atoms with Crippen molar-refractivity contribution in [3.63, 3.8) is 0 Å². The molecule has 4 heteroatoms. The predicted octanol–water partition coefficient (Wildman–Crippen LogP) is 2.22. The Morgan fingerprint density at radius 1 is 1.21 bits per heavy atom. The van der Waals surface area contributed by atoms with E-state index in [1.807, 2.05) is 6.92 Å². The minimum absolute atomic E-state index is 0.00423. The molecule has 110 valence electrons. The highest BCUT2D eigenvalue weighted by Gasteiger charge is 2.27. The molecule has 1 saturated carbocycles. The second-order valence-electron chi connectivity index (χ2n) is 6.59. The second kappa shape index (κ2) is 6.60. The summed E-state index contributed by atoms with van der Waals surface area (Å²) >= 11 is 0. The fraction of sp³-hybridized carbons (Fsp3) is 0.933. The summed E-state index contributed by atoms with van der Waals surface area (Å²) in [4.78, 5) is 13.8. The Bertz CT molecular complexity index is 301. The van der Waals surface area contributed by atoms with Crippen molar-refractivity contribution in [1.82, 2.24) is 10.2 Å². The first-order valence-electron chi connectivity index (χ1n) is 7.77. The number of rotatable bonds is 2. The van der Waals surface area contributed by atoms with Crippen molar-refractivity contribution >= 4 is 6.03 Å². The third-order valence-electron chi connectivity index (χ3n) is 4.88. The van der Waals surface area contributed by atoms with Gasteiger partial charge in [-0.2, -0.15) is 0 Å². The molecule has 2 aliphatic rings. The van der Waals surface area contributed by atoms with Crippen molar-refractivity contribution in [3.05, 3.63) is 0 Å². The van der Waals surface area contributed by atoms with Crippen LogP contribution in [0, 0.1) is 17.8 Å². The van der Waals surface area contributed by atoms with E-state index in [9.17, 15) is 9.90 Å². The first-order valence-corrected chi connectivity index (χ1v) is 7.77. The van der Waals surface area contributed by atoms with E-state index in [2.05, 4.69) is 12.2 Å². The average molecular weight is 268 g/mol. The molecule has 0 bridgehead atoms. The standard InChI is InChI=1S/C15H28N2O2/c1-11-3-5-13(6-4-11)9-16-15(19)17-8-7-12(2)14(18)10-17/h11-14,18H,3-10H2,1-2H3,(H,16,19). The molecule has 2 atom stereocenters. The normalized spacial score (nSPS) is 36.1. The van der Waals surface area contributed by atoms with Crippen molar-refractivity contribution in [2.24, 2.45) is 17.8 Å². The summed E-state index contributed by atoms with van der Waals surface area (Å²) in [7, 11) is 0. The molecule has 0 radical (unpaired) electrons. The van der Waals surface area contributed by atoms with E-state index in [0.29, 0.717) is 18.4 Å². The fourth-order valence-corrected chi connectivity index (χ4v) is 3.11. The fourth-order valence-electron chi connectivity index (χ4n) is 3.11. The number of aliphatic hydroxyl groups excluding tert-OH is 1. The van der Waals surface area contributed by atoms with Gasteiger partial charge in [-0.05, 0) is 37.0 Å². The molecule has 0 spiro atoms. The molecule has 1 aliphatic carbocycles. The number of β-amino-alcohol motifs (C(OH)–C–C–N with tert-alkyl or cyclic N) is 1. The van der Waals surface area contributed by atoms with Crippen molar-refractivity contribution in [3.8, 4) is 0 Å². The lowest BCUT2D eigenvalue weighted by Crippen LogP contribution is -2.50. The maximum absolute atomic E-state index is 12.1. The minimum atomic E-state index is -0.366. The third kappa shape index (κ3) is 4.10. The number of hydrogen-bond donors (Lipinski definition) is 2. The Morgan fingerprint density at radius 3 is 2.53 bits per heavy atom. The van der Waals surface area contributed by atoms with Crippen molar-refractivity contribution in [2.45, 2.75) is 52.1 Å². The average Bonchev–Trinajstić information content (AvgIpc) is 2.41. The van der Waals surface area contributed by atoms with Gasteiger partial charge in [-0.1, -0.05) is 26.7 Å². The van der Waals surface area contributed by atoms with E-state index in [4.69, 9.17) is 0 Å². The maximum atomic E-state index is 12.1. The maximum Gasteiger partial charge on any atom is 0.317 e. The van der Waals surface area contributed by atoms with Gasteiger partial charge in [0.25, 0.3) is 0 Å². The lowest BCUT2D eigenvalue weighted by Gasteiger charge is -2.35. The van der Waals surface area contributed by atoms with Crippen molar-refractivity contribution < 1.29 is 9.90 Å². The van der Waals surface area contributed by atoms with Crippen LogP contribution in [0.4, 0.5) is 4.79 Å². The zero-order valence-corrected chi connectivity index (χ0v) is 12.3. The monoisotopic (exact) mass is 268 g/mol. The van der Waals surface area contributed by atoms with Crippen LogP contribution < -0.4 is 5.32 Å². The van der Waals surface area contributed by atoms with Gasteiger partial charge in [-0.25, -0.2) is 4.79 Å². The van der Waals surface area contributed by atoms with E-state index >= 15 is 0 Å². The van der Waals surface area contributed by atoms with Crippen LogP contribution in [0.3, 0.4) is 0 Å². The number of hydrogen-bond acceptors (Lipinski definition) is 2. The Balaban J connectivity index is 1.69. The minimum Gasteiger partial charge on any atom is -0.391 e. The lowest BCUT2D eigenvalue weighted by molar-refractivity contribution is 0.0433. The van der Waals surface area contributed by atoms with Gasteiger partial charge in [-0.15, -0.1) is 0 Å². The van der Waals surface area contributed by atoms with Gasteiger partial charge < -0.3 is 15.3 Å². The number of carbonyl (C=O) groups is 1. The molecule has 0 aromatic heterocycles. The molecule has 4 nitrogen and oxygen atoms in total. The summed E-state index contributed by atoms with van der Waals surface area (Å²) in [5.41, 5.74) is 0. The zero-order valence-electron chi connectivity index (χ0n) is 12.3. The molecule has 19 heavy (non-hydrogen) atoms. The molecular formula is C15H28N2O2. The Morgan fingerprint density at radius 2 is 1.89 bits per heavy atom. The summed E-state index contributed by atoms with van der Waals surface area (Å²) in [6.45, 7) is 6.41. The van der Waals surface area contributed by atoms with Gasteiger partial charge in [0.1, 0.15) is 0 Å². The topological polar surface area (TPSA) is 52.6 Å². The summed E-state index contributed by atoms with van der Waals surface area (Å²) in [6, 6.07) is 0.00423. The van der Waals surface area contributed by atoms with Crippen LogP contribution in [-0.4, -0.2) is 41.8 Å². The smallest absolute Gasteiger partial charge is 0.317 e. The quantitative estimate of drug-likeness (QED) is 0.807. The Labute approximate surface area is 116 Å². The van der Waals surface area contributed by atoms with E-state index in [1.54, 1.807) is 4.90 Å². The number of carbonyl (C=O) groups excluding carboxylic acids is 1. The Hall–Kier alpha value is -0.770. The molecule has 2 rings (SSSR count). The molecule has 2 amide bonds. The largest absolute Gasteiger partial charge is 0.391 e. The van der Waals surface area contributed by atoms with Gasteiger partial charge >= 0.3 is 6.03 Å². The number of aliphatic hydroxyl groups is 1. The number of piperidine rings is 1. The number of likely N-dealkylation sites (tertiary alicyclic amines) is 1. The molecule has 2 N–H and O–H groups in total. The van der Waals surface area contributed by atoms with E-state index in [0.717, 1.165) is 25.4 Å². The first-order chi connectivity index (χ1) is 9.06.